The van der Waals surface area contributed by atoms with Crippen LogP contribution in [0.2, 0.25) is 0 Å². The van der Waals surface area contributed by atoms with E-state index in [1.165, 1.54) is 25.0 Å². The number of benzene rings is 1. The molecule has 0 spiro atoms. The molecular weight excluding hydrogens is 239 g/mol. The summed E-state index contributed by atoms with van der Waals surface area (Å²) in [5, 5.41) is 0. The van der Waals surface area contributed by atoms with Crippen molar-refractivity contribution in [1.29, 1.82) is 0 Å². The lowest BCUT2D eigenvalue weighted by Crippen LogP contribution is -2.01. The number of fused-ring (bicyclic) bond motifs is 1. The van der Waals surface area contributed by atoms with Crippen LogP contribution in [0.25, 0.3) is 11.0 Å². The summed E-state index contributed by atoms with van der Waals surface area (Å²) < 4.78 is 15.3. The third-order valence-corrected chi connectivity index (χ3v) is 3.82. The summed E-state index contributed by atoms with van der Waals surface area (Å²) in [5.41, 5.74) is 1.71. The van der Waals surface area contributed by atoms with E-state index in [1.807, 2.05) is 0 Å². The topological polar surface area (TPSA) is 17.8 Å². The van der Waals surface area contributed by atoms with Crippen molar-refractivity contribution in [2.75, 3.05) is 0 Å². The second-order valence-corrected chi connectivity index (χ2v) is 4.90. The molecule has 0 saturated heterocycles. The first kappa shape index (κ1) is 11.0. The Kier molecular flexibility index (Phi) is 2.58. The Labute approximate surface area is 104 Å². The van der Waals surface area contributed by atoms with Gasteiger partial charge >= 0.3 is 0 Å². The van der Waals surface area contributed by atoms with Gasteiger partial charge in [-0.05, 0) is 24.5 Å². The summed E-state index contributed by atoms with van der Waals surface area (Å²) in [6.07, 6.45) is 2.36. The van der Waals surface area contributed by atoms with Gasteiger partial charge in [-0.2, -0.15) is 0 Å². The van der Waals surface area contributed by atoms with E-state index < -0.39 is 0 Å². The molecular formula is C13H14ClFN2. The second kappa shape index (κ2) is 3.98. The van der Waals surface area contributed by atoms with Gasteiger partial charge in [0, 0.05) is 12.1 Å². The molecule has 2 aromatic rings. The Morgan fingerprint density at radius 2 is 2.35 bits per heavy atom. The average Bonchev–Trinajstić information content (AvgIpc) is 3.02. The maximum absolute atomic E-state index is 13.2. The minimum atomic E-state index is -0.244. The molecule has 17 heavy (non-hydrogen) atoms. The molecule has 0 N–H and O–H groups in total. The maximum atomic E-state index is 13.2. The second-order valence-electron chi connectivity index (χ2n) is 4.64. The molecule has 0 radical (unpaired) electrons. The van der Waals surface area contributed by atoms with Crippen LogP contribution in [0.4, 0.5) is 4.39 Å². The van der Waals surface area contributed by atoms with Gasteiger partial charge in [0.05, 0.1) is 16.9 Å². The summed E-state index contributed by atoms with van der Waals surface area (Å²) in [6, 6.07) is 5.27. The molecule has 2 unspecified atom stereocenters. The first-order chi connectivity index (χ1) is 8.24. The molecule has 1 heterocycles. The Morgan fingerprint density at radius 1 is 1.53 bits per heavy atom. The lowest BCUT2D eigenvalue weighted by molar-refractivity contribution is 0.627. The van der Waals surface area contributed by atoms with Crippen molar-refractivity contribution in [2.45, 2.75) is 31.7 Å². The van der Waals surface area contributed by atoms with Gasteiger partial charge in [-0.15, -0.1) is 11.6 Å². The fourth-order valence-electron chi connectivity index (χ4n) is 2.57. The molecule has 1 fully saturated rings. The standard InChI is InChI=1S/C13H14ClFN2/c1-2-8-5-12(8)17-11-4-3-9(15)6-10(11)16-13(17)7-14/h3-4,6,8,12H,2,5,7H2,1H3. The number of imidazole rings is 1. The Balaban J connectivity index is 2.14. The molecule has 1 aliphatic carbocycles. The third kappa shape index (κ3) is 1.73. The van der Waals surface area contributed by atoms with E-state index in [-0.39, 0.29) is 5.82 Å². The number of nitrogens with zero attached hydrogens (tertiary/aromatic N) is 2. The number of rotatable bonds is 3. The highest BCUT2D eigenvalue weighted by Crippen LogP contribution is 2.47. The average molecular weight is 253 g/mol. The van der Waals surface area contributed by atoms with Gasteiger partial charge in [0.2, 0.25) is 0 Å². The molecule has 3 rings (SSSR count). The van der Waals surface area contributed by atoms with Crippen molar-refractivity contribution in [3.8, 4) is 0 Å². The number of alkyl halides is 1. The summed E-state index contributed by atoms with van der Waals surface area (Å²) in [4.78, 5) is 4.41. The molecule has 90 valence electrons. The Morgan fingerprint density at radius 3 is 3.00 bits per heavy atom. The van der Waals surface area contributed by atoms with Crippen molar-refractivity contribution < 1.29 is 4.39 Å². The van der Waals surface area contributed by atoms with Crippen LogP contribution in [0.15, 0.2) is 18.2 Å². The first-order valence-corrected chi connectivity index (χ1v) is 6.50. The van der Waals surface area contributed by atoms with Crippen LogP contribution >= 0.6 is 11.6 Å². The highest BCUT2D eigenvalue weighted by atomic mass is 35.5. The quantitative estimate of drug-likeness (QED) is 0.758. The molecule has 0 amide bonds. The van der Waals surface area contributed by atoms with Crippen molar-refractivity contribution >= 4 is 22.6 Å². The highest BCUT2D eigenvalue weighted by Gasteiger charge is 2.39. The monoisotopic (exact) mass is 252 g/mol. The zero-order valence-corrected chi connectivity index (χ0v) is 10.4. The first-order valence-electron chi connectivity index (χ1n) is 5.97. The van der Waals surface area contributed by atoms with Gasteiger partial charge in [-0.25, -0.2) is 9.37 Å². The minimum Gasteiger partial charge on any atom is -0.324 e. The summed E-state index contributed by atoms with van der Waals surface area (Å²) in [5.74, 6) is 1.71. The van der Waals surface area contributed by atoms with E-state index in [0.717, 1.165) is 17.3 Å². The van der Waals surface area contributed by atoms with Crippen LogP contribution in [0.3, 0.4) is 0 Å². The van der Waals surface area contributed by atoms with Crippen LogP contribution in [-0.4, -0.2) is 9.55 Å². The van der Waals surface area contributed by atoms with Gasteiger partial charge in [-0.3, -0.25) is 0 Å². The highest BCUT2D eigenvalue weighted by molar-refractivity contribution is 6.16. The van der Waals surface area contributed by atoms with Gasteiger partial charge in [0.1, 0.15) is 11.6 Å². The van der Waals surface area contributed by atoms with Crippen molar-refractivity contribution in [3.05, 3.63) is 29.8 Å². The molecule has 4 heteroatoms. The Bertz CT molecular complexity index is 564. The van der Waals surface area contributed by atoms with Crippen molar-refractivity contribution in [1.82, 2.24) is 9.55 Å². The van der Waals surface area contributed by atoms with E-state index in [4.69, 9.17) is 11.6 Å². The number of aromatic nitrogens is 2. The summed E-state index contributed by atoms with van der Waals surface area (Å²) in [7, 11) is 0. The van der Waals surface area contributed by atoms with Crippen LogP contribution in [0.5, 0.6) is 0 Å². The van der Waals surface area contributed by atoms with Gasteiger partial charge in [0.25, 0.3) is 0 Å². The molecule has 2 nitrogen and oxygen atoms in total. The van der Waals surface area contributed by atoms with Crippen LogP contribution in [0.1, 0.15) is 31.6 Å². The van der Waals surface area contributed by atoms with Crippen LogP contribution < -0.4 is 0 Å². The fraction of sp³-hybridized carbons (Fsp3) is 0.462. The predicted molar refractivity (Wildman–Crippen MR) is 66.7 cm³/mol. The molecule has 1 aliphatic rings. The largest absolute Gasteiger partial charge is 0.324 e. The van der Waals surface area contributed by atoms with E-state index in [0.29, 0.717) is 17.4 Å². The lowest BCUT2D eigenvalue weighted by atomic mass is 10.3. The fourth-order valence-corrected chi connectivity index (χ4v) is 2.76. The molecule has 1 saturated carbocycles. The molecule has 0 aliphatic heterocycles. The normalized spacial score (nSPS) is 23.2. The van der Waals surface area contributed by atoms with Crippen LogP contribution in [-0.2, 0) is 5.88 Å². The van der Waals surface area contributed by atoms with Crippen molar-refractivity contribution in [3.63, 3.8) is 0 Å². The van der Waals surface area contributed by atoms with E-state index >= 15 is 0 Å². The molecule has 1 aromatic heterocycles. The number of halogens is 2. The molecule has 2 atom stereocenters. The number of hydrogen-bond donors (Lipinski definition) is 0. The maximum Gasteiger partial charge on any atom is 0.125 e. The minimum absolute atomic E-state index is 0.244. The van der Waals surface area contributed by atoms with E-state index in [1.54, 1.807) is 6.07 Å². The smallest absolute Gasteiger partial charge is 0.125 e. The SMILES string of the molecule is CCC1CC1n1c(CCl)nc2cc(F)ccc21. The molecule has 0 bridgehead atoms. The zero-order chi connectivity index (χ0) is 12.0. The van der Waals surface area contributed by atoms with Crippen LogP contribution in [0, 0.1) is 11.7 Å². The lowest BCUT2D eigenvalue weighted by Gasteiger charge is -2.06. The van der Waals surface area contributed by atoms with Gasteiger partial charge in [0.15, 0.2) is 0 Å². The predicted octanol–water partition coefficient (Wildman–Crippen LogP) is 3.89. The van der Waals surface area contributed by atoms with E-state index in [2.05, 4.69) is 16.5 Å². The summed E-state index contributed by atoms with van der Waals surface area (Å²) >= 11 is 5.93. The van der Waals surface area contributed by atoms with Gasteiger partial charge in [-0.1, -0.05) is 13.3 Å². The van der Waals surface area contributed by atoms with E-state index in [9.17, 15) is 4.39 Å². The molecule has 1 aromatic carbocycles. The zero-order valence-electron chi connectivity index (χ0n) is 9.66. The third-order valence-electron chi connectivity index (χ3n) is 3.59. The summed E-state index contributed by atoms with van der Waals surface area (Å²) in [6.45, 7) is 2.20. The van der Waals surface area contributed by atoms with Crippen molar-refractivity contribution in [2.24, 2.45) is 5.92 Å². The number of hydrogen-bond acceptors (Lipinski definition) is 1. The van der Waals surface area contributed by atoms with Gasteiger partial charge < -0.3 is 4.57 Å². The Hall–Kier alpha value is -1.09.